The first-order valence-electron chi connectivity index (χ1n) is 8.40. The Morgan fingerprint density at radius 1 is 1.04 bits per heavy atom. The van der Waals surface area contributed by atoms with E-state index in [9.17, 15) is 14.4 Å². The van der Waals surface area contributed by atoms with Crippen molar-refractivity contribution >= 4 is 17.6 Å². The molecule has 1 rings (SSSR count). The number of Topliss-reactive ketones (excluding diaryl/α,β-unsaturated/α-hetero) is 1. The molecule has 0 heterocycles. The van der Waals surface area contributed by atoms with Crippen molar-refractivity contribution in [2.45, 2.75) is 33.2 Å². The summed E-state index contributed by atoms with van der Waals surface area (Å²) in [5.74, 6) is -0.365. The minimum Gasteiger partial charge on any atom is -0.351 e. The van der Waals surface area contributed by atoms with E-state index in [4.69, 9.17) is 0 Å². The van der Waals surface area contributed by atoms with Gasteiger partial charge in [0.25, 0.3) is 11.8 Å². The van der Waals surface area contributed by atoms with Gasteiger partial charge in [0.2, 0.25) is 0 Å². The van der Waals surface area contributed by atoms with Gasteiger partial charge in [-0.05, 0) is 32.8 Å². The maximum atomic E-state index is 12.2. The van der Waals surface area contributed by atoms with Crippen LogP contribution in [-0.2, 0) is 20.8 Å². The normalized spacial score (nSPS) is 13.0. The van der Waals surface area contributed by atoms with E-state index in [0.717, 1.165) is 10.5 Å². The number of carbonyl (C=O) groups excluding carboxylic acids is 3. The second-order valence-corrected chi connectivity index (χ2v) is 5.83. The molecular weight excluding hydrogens is 306 g/mol. The highest BCUT2D eigenvalue weighted by Gasteiger charge is 2.21. The molecule has 132 valence electrons. The van der Waals surface area contributed by atoms with E-state index < -0.39 is 6.04 Å². The molecule has 0 saturated carbocycles. The van der Waals surface area contributed by atoms with E-state index in [2.05, 4.69) is 10.6 Å². The maximum absolute atomic E-state index is 12.2. The second-order valence-electron chi connectivity index (χ2n) is 5.83. The summed E-state index contributed by atoms with van der Waals surface area (Å²) in [5, 5.41) is 5.52. The zero-order valence-electron chi connectivity index (χ0n) is 14.7. The third-order valence-electron chi connectivity index (χ3n) is 3.80. The molecule has 0 aliphatic heterocycles. The van der Waals surface area contributed by atoms with Crippen molar-refractivity contribution in [3.63, 3.8) is 0 Å². The molecule has 0 aliphatic carbocycles. The van der Waals surface area contributed by atoms with Crippen molar-refractivity contribution in [3.8, 4) is 0 Å². The number of carbonyl (C=O) groups is 3. The first-order valence-corrected chi connectivity index (χ1v) is 8.40. The predicted molar refractivity (Wildman–Crippen MR) is 92.7 cm³/mol. The number of quaternary nitrogens is 1. The number of amides is 2. The van der Waals surface area contributed by atoms with Crippen LogP contribution in [0, 0.1) is 0 Å². The van der Waals surface area contributed by atoms with E-state index in [0.29, 0.717) is 19.5 Å². The average molecular weight is 334 g/mol. The Balaban J connectivity index is 2.58. The van der Waals surface area contributed by atoms with E-state index >= 15 is 0 Å². The lowest BCUT2D eigenvalue weighted by atomic mass is 10.0. The van der Waals surface area contributed by atoms with Crippen LogP contribution in [0.15, 0.2) is 30.3 Å². The van der Waals surface area contributed by atoms with E-state index in [1.807, 2.05) is 44.2 Å². The van der Waals surface area contributed by atoms with Crippen LogP contribution in [0.1, 0.15) is 26.3 Å². The highest BCUT2D eigenvalue weighted by molar-refractivity contribution is 5.88. The van der Waals surface area contributed by atoms with Crippen molar-refractivity contribution in [2.75, 3.05) is 26.2 Å². The second kappa shape index (κ2) is 10.5. The van der Waals surface area contributed by atoms with Crippen molar-refractivity contribution in [1.29, 1.82) is 0 Å². The summed E-state index contributed by atoms with van der Waals surface area (Å²) in [7, 11) is 0. The number of nitrogens with one attached hydrogen (secondary N) is 3. The van der Waals surface area contributed by atoms with Crippen LogP contribution in [0.4, 0.5) is 0 Å². The van der Waals surface area contributed by atoms with Gasteiger partial charge >= 0.3 is 0 Å². The molecule has 2 atom stereocenters. The largest absolute Gasteiger partial charge is 0.351 e. The topological polar surface area (TPSA) is 79.7 Å². The Kier molecular flexibility index (Phi) is 8.71. The van der Waals surface area contributed by atoms with Crippen molar-refractivity contribution < 1.29 is 19.3 Å². The molecule has 1 aromatic carbocycles. The third-order valence-corrected chi connectivity index (χ3v) is 3.80. The number of hydrogen-bond acceptors (Lipinski definition) is 3. The Morgan fingerprint density at radius 2 is 1.67 bits per heavy atom. The summed E-state index contributed by atoms with van der Waals surface area (Å²) in [5.41, 5.74) is 1.00. The van der Waals surface area contributed by atoms with Gasteiger partial charge in [-0.2, -0.15) is 0 Å². The van der Waals surface area contributed by atoms with Crippen molar-refractivity contribution in [3.05, 3.63) is 35.9 Å². The number of benzene rings is 1. The average Bonchev–Trinajstić information content (AvgIpc) is 2.54. The van der Waals surface area contributed by atoms with Gasteiger partial charge in [0.1, 0.15) is 0 Å². The molecule has 3 N–H and O–H groups in total. The molecule has 0 bridgehead atoms. The number of likely N-dealkylation sites (N-methyl/N-ethyl adjacent to an activating group) is 2. The van der Waals surface area contributed by atoms with Gasteiger partial charge in [-0.1, -0.05) is 30.3 Å². The highest BCUT2D eigenvalue weighted by Crippen LogP contribution is 2.03. The molecule has 0 aliphatic rings. The molecule has 24 heavy (non-hydrogen) atoms. The first-order chi connectivity index (χ1) is 11.5. The Bertz CT molecular complexity index is 546. The van der Waals surface area contributed by atoms with E-state index in [1.54, 1.807) is 0 Å². The predicted octanol–water partition coefficient (Wildman–Crippen LogP) is -0.656. The Hall–Kier alpha value is -2.21. The summed E-state index contributed by atoms with van der Waals surface area (Å²) in [6.07, 6.45) is 0.472. The number of rotatable bonds is 10. The van der Waals surface area contributed by atoms with Gasteiger partial charge in [0.05, 0.1) is 12.6 Å². The molecule has 0 saturated heterocycles. The molecular formula is C18H28N3O3+. The lowest BCUT2D eigenvalue weighted by molar-refractivity contribution is -0.881. The van der Waals surface area contributed by atoms with Crippen LogP contribution in [0.2, 0.25) is 0 Å². The number of ketones is 1. The lowest BCUT2D eigenvalue weighted by Gasteiger charge is -2.20. The molecule has 0 fully saturated rings. The highest BCUT2D eigenvalue weighted by atomic mass is 16.2. The van der Waals surface area contributed by atoms with Gasteiger partial charge in [-0.15, -0.1) is 0 Å². The molecule has 1 unspecified atom stereocenters. The summed E-state index contributed by atoms with van der Waals surface area (Å²) < 4.78 is 0. The SMILES string of the molecule is CCNC(=O)C[NH+](CC)CC(=O)N[C@@H](Cc1ccccc1)C(C)=O. The zero-order valence-corrected chi connectivity index (χ0v) is 14.7. The molecule has 6 nitrogen and oxygen atoms in total. The monoisotopic (exact) mass is 334 g/mol. The lowest BCUT2D eigenvalue weighted by Crippen LogP contribution is -3.14. The molecule has 6 heteroatoms. The van der Waals surface area contributed by atoms with Gasteiger partial charge in [-0.3, -0.25) is 14.4 Å². The van der Waals surface area contributed by atoms with Crippen molar-refractivity contribution in [2.24, 2.45) is 0 Å². The quantitative estimate of drug-likeness (QED) is 0.532. The van der Waals surface area contributed by atoms with Crippen LogP contribution in [0.25, 0.3) is 0 Å². The molecule has 0 spiro atoms. The fourth-order valence-corrected chi connectivity index (χ4v) is 2.42. The van der Waals surface area contributed by atoms with Gasteiger partial charge in [0.15, 0.2) is 18.9 Å². The van der Waals surface area contributed by atoms with E-state index in [1.165, 1.54) is 6.92 Å². The van der Waals surface area contributed by atoms with Crippen LogP contribution in [0.3, 0.4) is 0 Å². The van der Waals surface area contributed by atoms with Gasteiger partial charge in [0, 0.05) is 6.54 Å². The standard InChI is InChI=1S/C18H27N3O3/c1-4-19-17(23)12-21(5-2)13-18(24)20-16(14(3)22)11-15-9-7-6-8-10-15/h6-10,16H,4-5,11-13H2,1-3H3,(H,19,23)(H,20,24)/p+1/t16-/m0/s1. The van der Waals surface area contributed by atoms with Gasteiger partial charge in [-0.25, -0.2) is 0 Å². The summed E-state index contributed by atoms with van der Waals surface area (Å²) >= 11 is 0. The van der Waals surface area contributed by atoms with Crippen LogP contribution in [-0.4, -0.2) is 49.8 Å². The molecule has 2 amide bonds. The minimum absolute atomic E-state index is 0.0745. The minimum atomic E-state index is -0.539. The fraction of sp³-hybridized carbons (Fsp3) is 0.500. The summed E-state index contributed by atoms with van der Waals surface area (Å²) in [6, 6.07) is 9.05. The Morgan fingerprint density at radius 3 is 2.21 bits per heavy atom. The van der Waals surface area contributed by atoms with Crippen molar-refractivity contribution in [1.82, 2.24) is 10.6 Å². The smallest absolute Gasteiger partial charge is 0.275 e. The van der Waals surface area contributed by atoms with Crippen LogP contribution < -0.4 is 15.5 Å². The molecule has 1 aromatic rings. The number of hydrogen-bond donors (Lipinski definition) is 3. The Labute approximate surface area is 143 Å². The zero-order chi connectivity index (χ0) is 17.9. The summed E-state index contributed by atoms with van der Waals surface area (Å²) in [6.45, 7) is 6.92. The molecule has 0 aromatic heterocycles. The maximum Gasteiger partial charge on any atom is 0.275 e. The summed E-state index contributed by atoms with van der Waals surface area (Å²) in [4.78, 5) is 36.6. The third kappa shape index (κ3) is 7.37. The fourth-order valence-electron chi connectivity index (χ4n) is 2.42. The van der Waals surface area contributed by atoms with Crippen LogP contribution >= 0.6 is 0 Å². The van der Waals surface area contributed by atoms with Crippen LogP contribution in [0.5, 0.6) is 0 Å². The van der Waals surface area contributed by atoms with Gasteiger partial charge < -0.3 is 15.5 Å². The molecule has 0 radical (unpaired) electrons. The first kappa shape index (κ1) is 19.8. The van der Waals surface area contributed by atoms with E-state index in [-0.39, 0.29) is 30.7 Å².